The number of hydrogen-bond acceptors (Lipinski definition) is 4. The minimum absolute atomic E-state index is 0.348. The lowest BCUT2D eigenvalue weighted by atomic mass is 10.1. The van der Waals surface area contributed by atoms with Crippen LogP contribution in [0.5, 0.6) is 0 Å². The zero-order valence-electron chi connectivity index (χ0n) is 10.8. The van der Waals surface area contributed by atoms with Crippen LogP contribution in [0.15, 0.2) is 29.6 Å². The van der Waals surface area contributed by atoms with Gasteiger partial charge in [-0.15, -0.1) is 11.3 Å². The van der Waals surface area contributed by atoms with E-state index in [2.05, 4.69) is 29.2 Å². The predicted octanol–water partition coefficient (Wildman–Crippen LogP) is 3.86. The molecule has 19 heavy (non-hydrogen) atoms. The molecule has 0 atom stereocenters. The van der Waals surface area contributed by atoms with Crippen LogP contribution in [-0.4, -0.2) is 17.6 Å². The second kappa shape index (κ2) is 5.13. The molecule has 1 aliphatic rings. The van der Waals surface area contributed by atoms with Crippen LogP contribution < -0.4 is 0 Å². The molecule has 0 saturated heterocycles. The monoisotopic (exact) mass is 273 g/mol. The second-order valence-electron chi connectivity index (χ2n) is 4.65. The van der Waals surface area contributed by atoms with Crippen molar-refractivity contribution in [3.63, 3.8) is 0 Å². The molecule has 1 saturated carbocycles. The molecular formula is C15H15NO2S. The number of esters is 1. The topological polar surface area (TPSA) is 39.2 Å². The fourth-order valence-corrected chi connectivity index (χ4v) is 2.82. The molecule has 1 heterocycles. The molecular weight excluding hydrogens is 258 g/mol. The molecule has 1 aliphatic carbocycles. The van der Waals surface area contributed by atoms with Gasteiger partial charge in [0.15, 0.2) is 5.69 Å². The van der Waals surface area contributed by atoms with Gasteiger partial charge in [-0.05, 0) is 31.2 Å². The molecule has 3 nitrogen and oxygen atoms in total. The van der Waals surface area contributed by atoms with Crippen molar-refractivity contribution >= 4 is 17.3 Å². The maximum absolute atomic E-state index is 11.6. The highest BCUT2D eigenvalue weighted by molar-refractivity contribution is 7.13. The van der Waals surface area contributed by atoms with E-state index in [9.17, 15) is 4.79 Å². The van der Waals surface area contributed by atoms with E-state index in [1.807, 2.05) is 0 Å². The molecule has 0 bridgehead atoms. The van der Waals surface area contributed by atoms with Crippen LogP contribution in [-0.2, 0) is 4.74 Å². The zero-order chi connectivity index (χ0) is 13.2. The molecule has 0 radical (unpaired) electrons. The summed E-state index contributed by atoms with van der Waals surface area (Å²) in [6.07, 6.45) is 2.62. The first-order valence-electron chi connectivity index (χ1n) is 6.51. The number of aromatic nitrogens is 1. The number of nitrogens with zero attached hydrogens (tertiary/aromatic N) is 1. The highest BCUT2D eigenvalue weighted by Gasteiger charge is 2.23. The summed E-state index contributed by atoms with van der Waals surface area (Å²) in [7, 11) is 0. The van der Waals surface area contributed by atoms with Crippen molar-refractivity contribution in [2.75, 3.05) is 6.61 Å². The number of hydrogen-bond donors (Lipinski definition) is 0. The molecule has 0 amide bonds. The van der Waals surface area contributed by atoms with Crippen LogP contribution in [0.1, 0.15) is 41.7 Å². The Morgan fingerprint density at radius 1 is 1.37 bits per heavy atom. The normalized spacial score (nSPS) is 14.4. The molecule has 3 rings (SSSR count). The Kier molecular flexibility index (Phi) is 3.34. The predicted molar refractivity (Wildman–Crippen MR) is 75.5 cm³/mol. The van der Waals surface area contributed by atoms with Gasteiger partial charge in [0.05, 0.1) is 6.61 Å². The van der Waals surface area contributed by atoms with Crippen molar-refractivity contribution < 1.29 is 9.53 Å². The highest BCUT2D eigenvalue weighted by Crippen LogP contribution is 2.40. The molecule has 0 unspecified atom stereocenters. The number of carbonyl (C=O) groups is 1. The Morgan fingerprint density at radius 3 is 2.74 bits per heavy atom. The summed E-state index contributed by atoms with van der Waals surface area (Å²) >= 11 is 1.47. The summed E-state index contributed by atoms with van der Waals surface area (Å²) in [4.78, 5) is 15.9. The maximum atomic E-state index is 11.6. The Balaban J connectivity index is 1.79. The molecule has 1 aromatic heterocycles. The van der Waals surface area contributed by atoms with Gasteiger partial charge in [-0.25, -0.2) is 9.78 Å². The summed E-state index contributed by atoms with van der Waals surface area (Å²) in [5, 5.41) is 2.62. The fourth-order valence-electron chi connectivity index (χ4n) is 2.02. The SMILES string of the molecule is CCOC(=O)c1csc(-c2ccc(C3CC3)cc2)n1. The van der Waals surface area contributed by atoms with Crippen molar-refractivity contribution in [3.8, 4) is 10.6 Å². The molecule has 4 heteroatoms. The fraction of sp³-hybridized carbons (Fsp3) is 0.333. The van der Waals surface area contributed by atoms with Crippen molar-refractivity contribution in [1.82, 2.24) is 4.98 Å². The Bertz CT molecular complexity index is 584. The Hall–Kier alpha value is -1.68. The van der Waals surface area contributed by atoms with Gasteiger partial charge in [0, 0.05) is 10.9 Å². The van der Waals surface area contributed by atoms with Gasteiger partial charge in [-0.1, -0.05) is 24.3 Å². The molecule has 2 aromatic rings. The molecule has 0 N–H and O–H groups in total. The first-order valence-corrected chi connectivity index (χ1v) is 7.39. The summed E-state index contributed by atoms with van der Waals surface area (Å²) in [5.41, 5.74) is 2.86. The van der Waals surface area contributed by atoms with E-state index in [1.165, 1.54) is 29.7 Å². The third kappa shape index (κ3) is 2.68. The van der Waals surface area contributed by atoms with Gasteiger partial charge in [0.1, 0.15) is 5.01 Å². The van der Waals surface area contributed by atoms with Crippen LogP contribution in [0.25, 0.3) is 10.6 Å². The van der Waals surface area contributed by atoms with Gasteiger partial charge in [-0.2, -0.15) is 0 Å². The lowest BCUT2D eigenvalue weighted by Gasteiger charge is -2.00. The highest BCUT2D eigenvalue weighted by atomic mass is 32.1. The van der Waals surface area contributed by atoms with E-state index in [0.29, 0.717) is 12.3 Å². The van der Waals surface area contributed by atoms with Crippen molar-refractivity contribution in [1.29, 1.82) is 0 Å². The van der Waals surface area contributed by atoms with Crippen molar-refractivity contribution in [2.45, 2.75) is 25.7 Å². The number of rotatable bonds is 4. The van der Waals surface area contributed by atoms with Gasteiger partial charge in [-0.3, -0.25) is 0 Å². The van der Waals surface area contributed by atoms with Crippen LogP contribution in [0, 0.1) is 0 Å². The van der Waals surface area contributed by atoms with E-state index in [-0.39, 0.29) is 5.97 Å². The lowest BCUT2D eigenvalue weighted by molar-refractivity contribution is 0.0520. The van der Waals surface area contributed by atoms with Crippen LogP contribution >= 0.6 is 11.3 Å². The van der Waals surface area contributed by atoms with E-state index >= 15 is 0 Å². The molecule has 98 valence electrons. The largest absolute Gasteiger partial charge is 0.461 e. The van der Waals surface area contributed by atoms with E-state index in [0.717, 1.165) is 16.5 Å². The molecule has 0 aliphatic heterocycles. The second-order valence-corrected chi connectivity index (χ2v) is 5.51. The lowest BCUT2D eigenvalue weighted by Crippen LogP contribution is -2.04. The van der Waals surface area contributed by atoms with Crippen LogP contribution in [0.4, 0.5) is 0 Å². The van der Waals surface area contributed by atoms with Crippen molar-refractivity contribution in [3.05, 3.63) is 40.9 Å². The standard InChI is InChI=1S/C15H15NO2S/c1-2-18-15(17)13-9-19-14(16-13)12-7-5-11(6-8-12)10-3-4-10/h5-10H,2-4H2,1H3. The van der Waals surface area contributed by atoms with E-state index in [4.69, 9.17) is 4.74 Å². The summed E-state index contributed by atoms with van der Waals surface area (Å²) in [6.45, 7) is 2.17. The van der Waals surface area contributed by atoms with E-state index < -0.39 is 0 Å². The average Bonchev–Trinajstić information content (AvgIpc) is 3.16. The average molecular weight is 273 g/mol. The van der Waals surface area contributed by atoms with Gasteiger partial charge in [0.2, 0.25) is 0 Å². The minimum atomic E-state index is -0.348. The third-order valence-electron chi connectivity index (χ3n) is 3.20. The first kappa shape index (κ1) is 12.4. The quantitative estimate of drug-likeness (QED) is 0.794. The van der Waals surface area contributed by atoms with Gasteiger partial charge >= 0.3 is 5.97 Å². The van der Waals surface area contributed by atoms with Crippen LogP contribution in [0.2, 0.25) is 0 Å². The minimum Gasteiger partial charge on any atom is -0.461 e. The number of ether oxygens (including phenoxy) is 1. The molecule has 1 aromatic carbocycles. The summed E-state index contributed by atoms with van der Waals surface area (Å²) < 4.78 is 4.94. The molecule has 1 fully saturated rings. The number of thiazole rings is 1. The first-order chi connectivity index (χ1) is 9.28. The van der Waals surface area contributed by atoms with Crippen LogP contribution in [0.3, 0.4) is 0 Å². The van der Waals surface area contributed by atoms with E-state index in [1.54, 1.807) is 12.3 Å². The Labute approximate surface area is 116 Å². The van der Waals surface area contributed by atoms with Gasteiger partial charge < -0.3 is 4.74 Å². The van der Waals surface area contributed by atoms with Gasteiger partial charge in [0.25, 0.3) is 0 Å². The summed E-state index contributed by atoms with van der Waals surface area (Å²) in [6, 6.07) is 8.50. The molecule has 0 spiro atoms. The number of benzene rings is 1. The Morgan fingerprint density at radius 2 is 2.11 bits per heavy atom. The maximum Gasteiger partial charge on any atom is 0.357 e. The summed E-state index contributed by atoms with van der Waals surface area (Å²) in [5.74, 6) is 0.417. The zero-order valence-corrected chi connectivity index (χ0v) is 11.6. The number of carbonyl (C=O) groups excluding carboxylic acids is 1. The third-order valence-corrected chi connectivity index (χ3v) is 4.09. The smallest absolute Gasteiger partial charge is 0.357 e. The van der Waals surface area contributed by atoms with Crippen molar-refractivity contribution in [2.24, 2.45) is 0 Å².